The van der Waals surface area contributed by atoms with E-state index in [2.05, 4.69) is 15.1 Å². The fourth-order valence-corrected chi connectivity index (χ4v) is 4.12. The van der Waals surface area contributed by atoms with Gasteiger partial charge in [0.25, 0.3) is 5.56 Å². The zero-order valence-electron chi connectivity index (χ0n) is 19.2. The first-order chi connectivity index (χ1) is 16.6. The Balaban J connectivity index is 1.63. The molecule has 0 bridgehead atoms. The van der Waals surface area contributed by atoms with Crippen molar-refractivity contribution in [3.8, 4) is 11.3 Å². The first-order valence-corrected chi connectivity index (χ1v) is 10.9. The molecule has 1 aliphatic heterocycles. The van der Waals surface area contributed by atoms with Gasteiger partial charge in [-0.25, -0.2) is 9.97 Å². The highest BCUT2D eigenvalue weighted by Crippen LogP contribution is 2.32. The highest BCUT2D eigenvalue weighted by Gasteiger charge is 2.32. The molecule has 35 heavy (non-hydrogen) atoms. The van der Waals surface area contributed by atoms with E-state index in [4.69, 9.17) is 9.72 Å². The lowest BCUT2D eigenvalue weighted by Gasteiger charge is -2.33. The van der Waals surface area contributed by atoms with Crippen LogP contribution in [-0.4, -0.2) is 49.0 Å². The number of ether oxygens (including phenoxy) is 1. The summed E-state index contributed by atoms with van der Waals surface area (Å²) in [6.45, 7) is 3.19. The van der Waals surface area contributed by atoms with Crippen LogP contribution in [-0.2, 0) is 25.0 Å². The van der Waals surface area contributed by atoms with Gasteiger partial charge in [-0.15, -0.1) is 0 Å². The number of hydrogen-bond donors (Lipinski definition) is 0. The molecule has 9 nitrogen and oxygen atoms in total. The Bertz CT molecular complexity index is 1460. The van der Waals surface area contributed by atoms with Gasteiger partial charge in [0.1, 0.15) is 23.4 Å². The van der Waals surface area contributed by atoms with E-state index in [1.165, 1.54) is 10.6 Å². The average molecular weight is 485 g/mol. The van der Waals surface area contributed by atoms with Crippen molar-refractivity contribution in [2.45, 2.75) is 19.2 Å². The molecule has 0 aliphatic carbocycles. The van der Waals surface area contributed by atoms with Crippen LogP contribution < -0.4 is 10.5 Å². The molecule has 0 spiro atoms. The summed E-state index contributed by atoms with van der Waals surface area (Å²) in [6, 6.07) is 3.89. The monoisotopic (exact) mass is 485 g/mol. The Labute approximate surface area is 197 Å². The van der Waals surface area contributed by atoms with Crippen LogP contribution in [0.4, 0.5) is 19.0 Å². The maximum absolute atomic E-state index is 13.1. The van der Waals surface area contributed by atoms with Gasteiger partial charge in [-0.05, 0) is 19.1 Å². The van der Waals surface area contributed by atoms with Crippen LogP contribution in [0, 0.1) is 6.92 Å². The number of morpholine rings is 1. The van der Waals surface area contributed by atoms with Crippen molar-refractivity contribution in [1.29, 1.82) is 0 Å². The van der Waals surface area contributed by atoms with E-state index in [0.29, 0.717) is 42.4 Å². The molecule has 0 saturated carbocycles. The summed E-state index contributed by atoms with van der Waals surface area (Å²) in [5, 5.41) is 4.43. The topological polar surface area (TPSA) is 91.0 Å². The van der Waals surface area contributed by atoms with Crippen LogP contribution in [0.15, 0.2) is 41.6 Å². The molecule has 0 amide bonds. The number of anilines is 1. The van der Waals surface area contributed by atoms with Crippen molar-refractivity contribution in [2.75, 3.05) is 24.6 Å². The quantitative estimate of drug-likeness (QED) is 0.441. The molecule has 1 fully saturated rings. The molecule has 12 heteroatoms. The molecule has 0 aromatic carbocycles. The smallest absolute Gasteiger partial charge is 0.370 e. The Morgan fingerprint density at radius 3 is 2.60 bits per heavy atom. The summed E-state index contributed by atoms with van der Waals surface area (Å²) >= 11 is 0. The minimum Gasteiger partial charge on any atom is -0.370 e. The molecular formula is C23H22F3N7O2. The maximum Gasteiger partial charge on any atom is 0.433 e. The zero-order chi connectivity index (χ0) is 24.9. The van der Waals surface area contributed by atoms with E-state index in [1.54, 1.807) is 30.9 Å². The third-order valence-electron chi connectivity index (χ3n) is 6.09. The number of hydrogen-bond acceptors (Lipinski definition) is 7. The van der Waals surface area contributed by atoms with Gasteiger partial charge in [0.05, 0.1) is 29.4 Å². The van der Waals surface area contributed by atoms with Crippen molar-refractivity contribution in [3.05, 3.63) is 64.2 Å². The van der Waals surface area contributed by atoms with E-state index in [-0.39, 0.29) is 22.7 Å². The molecule has 5 rings (SSSR count). The van der Waals surface area contributed by atoms with Gasteiger partial charge >= 0.3 is 6.18 Å². The zero-order valence-corrected chi connectivity index (χ0v) is 19.2. The predicted octanol–water partition coefficient (Wildman–Crippen LogP) is 3.03. The Hall–Kier alpha value is -3.80. The van der Waals surface area contributed by atoms with Gasteiger partial charge in [0.15, 0.2) is 0 Å². The number of halogens is 3. The highest BCUT2D eigenvalue weighted by molar-refractivity contribution is 5.93. The molecule has 1 unspecified atom stereocenters. The predicted molar refractivity (Wildman–Crippen MR) is 122 cm³/mol. The van der Waals surface area contributed by atoms with Gasteiger partial charge in [0.2, 0.25) is 0 Å². The molecule has 4 aromatic rings. The summed E-state index contributed by atoms with van der Waals surface area (Å²) in [5.74, 6) is 1.05. The molecule has 4 aromatic heterocycles. The highest BCUT2D eigenvalue weighted by atomic mass is 19.4. The molecule has 0 radical (unpaired) electrons. The van der Waals surface area contributed by atoms with E-state index < -0.39 is 11.9 Å². The second-order valence-electron chi connectivity index (χ2n) is 8.43. The van der Waals surface area contributed by atoms with E-state index in [9.17, 15) is 18.0 Å². The molecule has 1 aliphatic rings. The number of rotatable bonds is 3. The van der Waals surface area contributed by atoms with Crippen molar-refractivity contribution in [1.82, 2.24) is 29.3 Å². The second kappa shape index (κ2) is 8.45. The second-order valence-corrected chi connectivity index (χ2v) is 8.43. The molecule has 0 N–H and O–H groups in total. The standard InChI is InChI=1S/C23H22F3N7O2/c1-13-29-16-8-19(33-6-7-35-17(12-33)15-10-28-31(2)11-15)30-21(20(16)22(34)32(13)3)14-4-5-18(27-9-14)23(24,25)26/h4-5,8-11,17H,6-7,12H2,1-3H3. The van der Waals surface area contributed by atoms with Crippen LogP contribution in [0.25, 0.3) is 22.2 Å². The minimum absolute atomic E-state index is 0.223. The lowest BCUT2D eigenvalue weighted by Crippen LogP contribution is -2.39. The molecule has 5 heterocycles. The molecular weight excluding hydrogens is 463 g/mol. The first-order valence-electron chi connectivity index (χ1n) is 10.9. The lowest BCUT2D eigenvalue weighted by molar-refractivity contribution is -0.141. The summed E-state index contributed by atoms with van der Waals surface area (Å²) in [7, 11) is 3.42. The van der Waals surface area contributed by atoms with E-state index in [0.717, 1.165) is 17.8 Å². The Morgan fingerprint density at radius 1 is 1.14 bits per heavy atom. The van der Waals surface area contributed by atoms with Gasteiger partial charge in [-0.2, -0.15) is 18.3 Å². The van der Waals surface area contributed by atoms with E-state index in [1.807, 2.05) is 18.1 Å². The number of aryl methyl sites for hydroxylation is 2. The largest absolute Gasteiger partial charge is 0.433 e. The lowest BCUT2D eigenvalue weighted by atomic mass is 10.1. The Kier molecular flexibility index (Phi) is 5.55. The number of nitrogens with zero attached hydrogens (tertiary/aromatic N) is 7. The summed E-state index contributed by atoms with van der Waals surface area (Å²) in [6.07, 6.45) is -0.0821. The van der Waals surface area contributed by atoms with Crippen molar-refractivity contribution >= 4 is 16.7 Å². The van der Waals surface area contributed by atoms with Gasteiger partial charge in [0, 0.05) is 56.8 Å². The third kappa shape index (κ3) is 4.25. The third-order valence-corrected chi connectivity index (χ3v) is 6.09. The van der Waals surface area contributed by atoms with E-state index >= 15 is 0 Å². The number of alkyl halides is 3. The normalized spacial score (nSPS) is 16.7. The van der Waals surface area contributed by atoms with Crippen LogP contribution >= 0.6 is 0 Å². The number of pyridine rings is 2. The van der Waals surface area contributed by atoms with Crippen molar-refractivity contribution in [2.24, 2.45) is 14.1 Å². The minimum atomic E-state index is -4.57. The van der Waals surface area contributed by atoms with Gasteiger partial charge < -0.3 is 9.64 Å². The number of aromatic nitrogens is 6. The van der Waals surface area contributed by atoms with Crippen molar-refractivity contribution < 1.29 is 17.9 Å². The molecule has 1 atom stereocenters. The number of fused-ring (bicyclic) bond motifs is 1. The first kappa shape index (κ1) is 23.0. The van der Waals surface area contributed by atoms with Crippen molar-refractivity contribution in [3.63, 3.8) is 0 Å². The van der Waals surface area contributed by atoms with Crippen LogP contribution in [0.1, 0.15) is 23.2 Å². The fraction of sp³-hybridized carbons (Fsp3) is 0.348. The van der Waals surface area contributed by atoms with Gasteiger partial charge in [-0.1, -0.05) is 0 Å². The fourth-order valence-electron chi connectivity index (χ4n) is 4.12. The average Bonchev–Trinajstić information content (AvgIpc) is 3.28. The summed E-state index contributed by atoms with van der Waals surface area (Å²) in [5.41, 5.74) is 0.511. The van der Waals surface area contributed by atoms with Crippen LogP contribution in [0.3, 0.4) is 0 Å². The van der Waals surface area contributed by atoms with Crippen LogP contribution in [0.5, 0.6) is 0 Å². The summed E-state index contributed by atoms with van der Waals surface area (Å²) < 4.78 is 48.2. The Morgan fingerprint density at radius 2 is 1.94 bits per heavy atom. The molecule has 1 saturated heterocycles. The maximum atomic E-state index is 13.1. The summed E-state index contributed by atoms with van der Waals surface area (Å²) in [4.78, 5) is 28.0. The van der Waals surface area contributed by atoms with Gasteiger partial charge in [-0.3, -0.25) is 19.0 Å². The van der Waals surface area contributed by atoms with Crippen LogP contribution in [0.2, 0.25) is 0 Å². The molecule has 182 valence electrons. The SMILES string of the molecule is Cc1nc2cc(N3CCOC(c4cnn(C)c4)C3)nc(-c3ccc(C(F)(F)F)nc3)c2c(=O)n1C.